The zero-order valence-corrected chi connectivity index (χ0v) is 18.9. The van der Waals surface area contributed by atoms with Crippen molar-refractivity contribution in [2.45, 2.75) is 33.2 Å². The van der Waals surface area contributed by atoms with Gasteiger partial charge in [-0.05, 0) is 42.7 Å². The van der Waals surface area contributed by atoms with Gasteiger partial charge >= 0.3 is 7.60 Å². The standard InChI is InChI=1S/C25H29O5P/c1-3-29-31(26,30-4-2)20-23-15-16-24(27-18-21-11-7-5-8-12-21)25(17-23)28-19-22-13-9-6-10-14-22/h5-17H,3-4,18-20H2,1-2H3. The molecule has 0 amide bonds. The average Bonchev–Trinajstić information content (AvgIpc) is 2.78. The van der Waals surface area contributed by atoms with Gasteiger partial charge in [0.1, 0.15) is 13.2 Å². The van der Waals surface area contributed by atoms with Crippen molar-refractivity contribution in [3.8, 4) is 11.5 Å². The average molecular weight is 440 g/mol. The van der Waals surface area contributed by atoms with Crippen molar-refractivity contribution in [1.29, 1.82) is 0 Å². The first-order valence-corrected chi connectivity index (χ1v) is 12.2. The van der Waals surface area contributed by atoms with Crippen LogP contribution in [0.3, 0.4) is 0 Å². The van der Waals surface area contributed by atoms with Gasteiger partial charge in [0.05, 0.1) is 19.4 Å². The summed E-state index contributed by atoms with van der Waals surface area (Å²) in [4.78, 5) is 0. The summed E-state index contributed by atoms with van der Waals surface area (Å²) in [5.74, 6) is 1.23. The topological polar surface area (TPSA) is 54.0 Å². The monoisotopic (exact) mass is 440 g/mol. The zero-order chi connectivity index (χ0) is 21.9. The molecule has 0 radical (unpaired) electrons. The molecule has 0 saturated carbocycles. The van der Waals surface area contributed by atoms with Gasteiger partial charge in [-0.25, -0.2) is 0 Å². The third kappa shape index (κ3) is 7.25. The van der Waals surface area contributed by atoms with E-state index in [1.54, 1.807) is 13.8 Å². The number of hydrogen-bond donors (Lipinski definition) is 0. The molecule has 0 fully saturated rings. The molecule has 0 saturated heterocycles. The maximum atomic E-state index is 13.0. The SMILES string of the molecule is CCOP(=O)(Cc1ccc(OCc2ccccc2)c(OCc2ccccc2)c1)OCC. The molecule has 0 atom stereocenters. The summed E-state index contributed by atoms with van der Waals surface area (Å²) in [6.45, 7) is 5.10. The molecule has 0 N–H and O–H groups in total. The smallest absolute Gasteiger partial charge is 0.335 e. The predicted molar refractivity (Wildman–Crippen MR) is 123 cm³/mol. The summed E-state index contributed by atoms with van der Waals surface area (Å²) in [5, 5.41) is 0. The Bertz CT molecular complexity index is 966. The van der Waals surface area contributed by atoms with E-state index in [0.29, 0.717) is 37.9 Å². The molecule has 0 aliphatic heterocycles. The third-order valence-electron chi connectivity index (χ3n) is 4.51. The molecular formula is C25H29O5P. The summed E-state index contributed by atoms with van der Waals surface area (Å²) in [7, 11) is -3.21. The van der Waals surface area contributed by atoms with Crippen molar-refractivity contribution >= 4 is 7.60 Å². The Morgan fingerprint density at radius 2 is 1.16 bits per heavy atom. The Kier molecular flexibility index (Phi) is 8.72. The first kappa shape index (κ1) is 23.1. The fourth-order valence-corrected chi connectivity index (χ4v) is 4.79. The highest BCUT2D eigenvalue weighted by atomic mass is 31.2. The highest BCUT2D eigenvalue weighted by molar-refractivity contribution is 7.53. The van der Waals surface area contributed by atoms with Gasteiger partial charge in [0.2, 0.25) is 0 Å². The summed E-state index contributed by atoms with van der Waals surface area (Å²) in [6, 6.07) is 25.5. The van der Waals surface area contributed by atoms with Crippen LogP contribution in [0.4, 0.5) is 0 Å². The van der Waals surface area contributed by atoms with Crippen LogP contribution in [0, 0.1) is 0 Å². The van der Waals surface area contributed by atoms with Crippen LogP contribution in [-0.4, -0.2) is 13.2 Å². The molecule has 0 aliphatic carbocycles. The molecule has 0 unspecified atom stereocenters. The second kappa shape index (κ2) is 11.7. The van der Waals surface area contributed by atoms with Crippen molar-refractivity contribution in [1.82, 2.24) is 0 Å². The summed E-state index contributed by atoms with van der Waals surface area (Å²) in [6.07, 6.45) is 0.176. The predicted octanol–water partition coefficient (Wildman–Crippen LogP) is 6.61. The first-order valence-electron chi connectivity index (χ1n) is 10.5. The van der Waals surface area contributed by atoms with E-state index in [4.69, 9.17) is 18.5 Å². The minimum absolute atomic E-state index is 0.176. The molecule has 0 bridgehead atoms. The molecule has 164 valence electrons. The van der Waals surface area contributed by atoms with Gasteiger partial charge in [0, 0.05) is 0 Å². The van der Waals surface area contributed by atoms with Crippen molar-refractivity contribution in [2.75, 3.05) is 13.2 Å². The summed E-state index contributed by atoms with van der Waals surface area (Å²) in [5.41, 5.74) is 2.93. The van der Waals surface area contributed by atoms with Gasteiger partial charge in [0.15, 0.2) is 11.5 Å². The molecule has 31 heavy (non-hydrogen) atoms. The first-order chi connectivity index (χ1) is 15.1. The Morgan fingerprint density at radius 1 is 0.645 bits per heavy atom. The quantitative estimate of drug-likeness (QED) is 0.297. The molecular weight excluding hydrogens is 411 g/mol. The van der Waals surface area contributed by atoms with Crippen molar-refractivity contribution in [3.63, 3.8) is 0 Å². The lowest BCUT2D eigenvalue weighted by Crippen LogP contribution is -2.03. The highest BCUT2D eigenvalue weighted by Gasteiger charge is 2.24. The van der Waals surface area contributed by atoms with Gasteiger partial charge in [-0.3, -0.25) is 4.57 Å². The van der Waals surface area contributed by atoms with Gasteiger partial charge in [-0.1, -0.05) is 66.7 Å². The van der Waals surface area contributed by atoms with Crippen LogP contribution in [0.5, 0.6) is 11.5 Å². The van der Waals surface area contributed by atoms with E-state index >= 15 is 0 Å². The number of benzene rings is 3. The van der Waals surface area contributed by atoms with E-state index in [1.165, 1.54) is 0 Å². The lowest BCUT2D eigenvalue weighted by Gasteiger charge is -2.18. The Hall–Kier alpha value is -2.59. The largest absolute Gasteiger partial charge is 0.485 e. The van der Waals surface area contributed by atoms with Crippen LogP contribution >= 0.6 is 7.60 Å². The second-order valence-corrected chi connectivity index (χ2v) is 8.99. The van der Waals surface area contributed by atoms with E-state index in [9.17, 15) is 4.57 Å². The van der Waals surface area contributed by atoms with Crippen molar-refractivity contribution in [3.05, 3.63) is 95.6 Å². The number of ether oxygens (including phenoxy) is 2. The van der Waals surface area contributed by atoms with Gasteiger partial charge in [-0.2, -0.15) is 0 Å². The minimum atomic E-state index is -3.21. The molecule has 3 rings (SSSR count). The molecule has 0 heterocycles. The van der Waals surface area contributed by atoms with Crippen LogP contribution in [0.1, 0.15) is 30.5 Å². The zero-order valence-electron chi connectivity index (χ0n) is 18.0. The van der Waals surface area contributed by atoms with Gasteiger partial charge in [-0.15, -0.1) is 0 Å². The molecule has 0 aromatic heterocycles. The highest BCUT2D eigenvalue weighted by Crippen LogP contribution is 2.51. The summed E-state index contributed by atoms with van der Waals surface area (Å²) < 4.78 is 36.0. The molecule has 0 aliphatic rings. The van der Waals surface area contributed by atoms with Crippen LogP contribution in [0.25, 0.3) is 0 Å². The van der Waals surface area contributed by atoms with E-state index in [1.807, 2.05) is 78.9 Å². The normalized spacial score (nSPS) is 11.3. The maximum absolute atomic E-state index is 13.0. The van der Waals surface area contributed by atoms with Crippen LogP contribution < -0.4 is 9.47 Å². The lowest BCUT2D eigenvalue weighted by molar-refractivity contribution is 0.219. The number of hydrogen-bond acceptors (Lipinski definition) is 5. The Labute approximate surface area is 184 Å². The van der Waals surface area contributed by atoms with Gasteiger partial charge < -0.3 is 18.5 Å². The van der Waals surface area contributed by atoms with E-state index in [2.05, 4.69) is 0 Å². The summed E-state index contributed by atoms with van der Waals surface area (Å²) >= 11 is 0. The van der Waals surface area contributed by atoms with Crippen LogP contribution in [0.2, 0.25) is 0 Å². The van der Waals surface area contributed by atoms with E-state index in [-0.39, 0.29) is 6.16 Å². The molecule has 5 nitrogen and oxygen atoms in total. The third-order valence-corrected chi connectivity index (χ3v) is 6.57. The minimum Gasteiger partial charge on any atom is -0.485 e. The molecule has 6 heteroatoms. The molecule has 0 spiro atoms. The molecule has 3 aromatic rings. The Morgan fingerprint density at radius 3 is 1.68 bits per heavy atom. The fourth-order valence-electron chi connectivity index (χ4n) is 3.10. The van der Waals surface area contributed by atoms with Crippen molar-refractivity contribution in [2.24, 2.45) is 0 Å². The van der Waals surface area contributed by atoms with Crippen molar-refractivity contribution < 1.29 is 23.1 Å². The maximum Gasteiger partial charge on any atom is 0.335 e. The Balaban J connectivity index is 1.80. The van der Waals surface area contributed by atoms with Crippen LogP contribution in [-0.2, 0) is 33.0 Å². The second-order valence-electron chi connectivity index (χ2n) is 6.93. The lowest BCUT2D eigenvalue weighted by atomic mass is 10.2. The molecule has 3 aromatic carbocycles. The van der Waals surface area contributed by atoms with Crippen LogP contribution in [0.15, 0.2) is 78.9 Å². The van der Waals surface area contributed by atoms with E-state index in [0.717, 1.165) is 16.7 Å². The van der Waals surface area contributed by atoms with E-state index < -0.39 is 7.60 Å². The fraction of sp³-hybridized carbons (Fsp3) is 0.280. The van der Waals surface area contributed by atoms with Gasteiger partial charge in [0.25, 0.3) is 0 Å². The number of rotatable bonds is 12.